The van der Waals surface area contributed by atoms with Crippen molar-refractivity contribution in [2.75, 3.05) is 12.4 Å². The van der Waals surface area contributed by atoms with Gasteiger partial charge in [0.2, 0.25) is 0 Å². The molecule has 1 rings (SSSR count). The van der Waals surface area contributed by atoms with E-state index in [9.17, 15) is 8.42 Å². The van der Waals surface area contributed by atoms with Crippen molar-refractivity contribution in [3.8, 4) is 6.07 Å². The number of sulfone groups is 1. The highest BCUT2D eigenvalue weighted by molar-refractivity contribution is 7.93. The monoisotopic (exact) mass is 231 g/mol. The predicted molar refractivity (Wildman–Crippen MR) is 56.8 cm³/mol. The summed E-state index contributed by atoms with van der Waals surface area (Å²) in [6.45, 7) is 3.31. The topological polar surface area (TPSA) is 78.2 Å². The molecule has 0 radical (unpaired) electrons. The summed E-state index contributed by atoms with van der Waals surface area (Å²) in [4.78, 5) is 0. The number of aliphatic hydroxyl groups is 1. The molecule has 15 heavy (non-hydrogen) atoms. The van der Waals surface area contributed by atoms with E-state index in [1.165, 1.54) is 0 Å². The highest BCUT2D eigenvalue weighted by Crippen LogP contribution is 2.44. The summed E-state index contributed by atoms with van der Waals surface area (Å²) >= 11 is 0. The molecule has 1 saturated carbocycles. The molecular formula is C10H17NO3S. The van der Waals surface area contributed by atoms with Crippen molar-refractivity contribution in [2.45, 2.75) is 31.4 Å². The Kier molecular flexibility index (Phi) is 3.41. The van der Waals surface area contributed by atoms with Crippen LogP contribution in [0.1, 0.15) is 26.7 Å². The van der Waals surface area contributed by atoms with Crippen molar-refractivity contribution in [3.63, 3.8) is 0 Å². The van der Waals surface area contributed by atoms with Gasteiger partial charge in [-0.25, -0.2) is 8.42 Å². The zero-order chi connectivity index (χ0) is 11.7. The van der Waals surface area contributed by atoms with Gasteiger partial charge in [0.05, 0.1) is 6.07 Å². The Balaban J connectivity index is 3.14. The standard InChI is InChI=1S/C10H17NO3S/c1-3-15(13,14)10(7-11)5-9(6-12)4-8(10)2/h8-9,12H,3-6H2,1-2H3. The average Bonchev–Trinajstić information content (AvgIpc) is 2.56. The number of aliphatic hydroxyl groups excluding tert-OH is 1. The Bertz CT molecular complexity index is 371. The molecule has 5 heteroatoms. The number of nitriles is 1. The second-order valence-corrected chi connectivity index (χ2v) is 6.83. The van der Waals surface area contributed by atoms with Crippen LogP contribution in [0.2, 0.25) is 0 Å². The van der Waals surface area contributed by atoms with Crippen LogP contribution in [-0.2, 0) is 9.84 Å². The fraction of sp³-hybridized carbons (Fsp3) is 0.900. The second kappa shape index (κ2) is 4.11. The van der Waals surface area contributed by atoms with Crippen molar-refractivity contribution in [1.29, 1.82) is 5.26 Å². The summed E-state index contributed by atoms with van der Waals surface area (Å²) in [5.74, 6) is -0.256. The predicted octanol–water partition coefficient (Wildman–Crippen LogP) is 0.722. The maximum absolute atomic E-state index is 11.9. The molecule has 0 aromatic rings. The van der Waals surface area contributed by atoms with Gasteiger partial charge in [0.1, 0.15) is 0 Å². The Morgan fingerprint density at radius 2 is 2.20 bits per heavy atom. The lowest BCUT2D eigenvalue weighted by atomic mass is 9.99. The average molecular weight is 231 g/mol. The van der Waals surface area contributed by atoms with Gasteiger partial charge in [-0.05, 0) is 24.7 Å². The molecule has 1 aliphatic carbocycles. The van der Waals surface area contributed by atoms with E-state index in [0.29, 0.717) is 6.42 Å². The Labute approximate surface area is 90.8 Å². The van der Waals surface area contributed by atoms with Crippen molar-refractivity contribution in [3.05, 3.63) is 0 Å². The normalized spacial score (nSPS) is 36.4. The second-order valence-electron chi connectivity index (χ2n) is 4.29. The van der Waals surface area contributed by atoms with Gasteiger partial charge in [-0.1, -0.05) is 13.8 Å². The lowest BCUT2D eigenvalue weighted by molar-refractivity contribution is 0.226. The molecule has 1 N–H and O–H groups in total. The van der Waals surface area contributed by atoms with E-state index in [1.54, 1.807) is 13.8 Å². The molecule has 4 nitrogen and oxygen atoms in total. The molecule has 3 unspecified atom stereocenters. The third-order valence-electron chi connectivity index (χ3n) is 3.46. The Hall–Kier alpha value is -0.600. The molecule has 0 heterocycles. The van der Waals surface area contributed by atoms with E-state index in [4.69, 9.17) is 10.4 Å². The maximum atomic E-state index is 11.9. The molecule has 0 aromatic carbocycles. The summed E-state index contributed by atoms with van der Waals surface area (Å²) in [6, 6.07) is 1.98. The van der Waals surface area contributed by atoms with E-state index in [2.05, 4.69) is 0 Å². The fourth-order valence-corrected chi connectivity index (χ4v) is 4.31. The Morgan fingerprint density at radius 3 is 2.53 bits per heavy atom. The minimum atomic E-state index is -3.37. The van der Waals surface area contributed by atoms with Crippen molar-refractivity contribution in [2.24, 2.45) is 11.8 Å². The molecule has 0 aliphatic heterocycles. The van der Waals surface area contributed by atoms with Crippen LogP contribution in [0.5, 0.6) is 0 Å². The lowest BCUT2D eigenvalue weighted by Crippen LogP contribution is -2.41. The molecule has 0 bridgehead atoms. The van der Waals surface area contributed by atoms with Gasteiger partial charge in [0.15, 0.2) is 14.6 Å². The van der Waals surface area contributed by atoms with Crippen molar-refractivity contribution >= 4 is 9.84 Å². The first-order valence-corrected chi connectivity index (χ1v) is 6.83. The van der Waals surface area contributed by atoms with E-state index >= 15 is 0 Å². The van der Waals surface area contributed by atoms with Gasteiger partial charge in [0, 0.05) is 12.4 Å². The smallest absolute Gasteiger partial charge is 0.169 e. The van der Waals surface area contributed by atoms with Crippen LogP contribution in [0.4, 0.5) is 0 Å². The zero-order valence-corrected chi connectivity index (χ0v) is 9.92. The minimum Gasteiger partial charge on any atom is -0.396 e. The molecular weight excluding hydrogens is 214 g/mol. The number of hydrogen-bond donors (Lipinski definition) is 1. The van der Waals surface area contributed by atoms with Crippen LogP contribution >= 0.6 is 0 Å². The molecule has 3 atom stereocenters. The first-order chi connectivity index (χ1) is 6.93. The van der Waals surface area contributed by atoms with E-state index < -0.39 is 14.6 Å². The molecule has 1 aliphatic rings. The Morgan fingerprint density at radius 1 is 1.60 bits per heavy atom. The molecule has 86 valence electrons. The van der Waals surface area contributed by atoms with Crippen LogP contribution in [-0.4, -0.2) is 30.6 Å². The number of nitrogens with zero attached hydrogens (tertiary/aromatic N) is 1. The molecule has 0 spiro atoms. The largest absolute Gasteiger partial charge is 0.396 e. The molecule has 0 aromatic heterocycles. The van der Waals surface area contributed by atoms with E-state index in [-0.39, 0.29) is 30.6 Å². The van der Waals surface area contributed by atoms with Gasteiger partial charge < -0.3 is 5.11 Å². The summed E-state index contributed by atoms with van der Waals surface area (Å²) in [7, 11) is -3.37. The van der Waals surface area contributed by atoms with Gasteiger partial charge in [-0.2, -0.15) is 5.26 Å². The van der Waals surface area contributed by atoms with Gasteiger partial charge in [0.25, 0.3) is 0 Å². The quantitative estimate of drug-likeness (QED) is 0.776. The van der Waals surface area contributed by atoms with Crippen LogP contribution in [0.15, 0.2) is 0 Å². The van der Waals surface area contributed by atoms with Crippen LogP contribution in [0, 0.1) is 23.2 Å². The van der Waals surface area contributed by atoms with Crippen LogP contribution in [0.3, 0.4) is 0 Å². The molecule has 1 fully saturated rings. The van der Waals surface area contributed by atoms with E-state index in [1.807, 2.05) is 6.07 Å². The van der Waals surface area contributed by atoms with E-state index in [0.717, 1.165) is 0 Å². The summed E-state index contributed by atoms with van der Waals surface area (Å²) in [6.07, 6.45) is 0.890. The lowest BCUT2D eigenvalue weighted by Gasteiger charge is -2.25. The summed E-state index contributed by atoms with van der Waals surface area (Å²) < 4.78 is 22.6. The van der Waals surface area contributed by atoms with Crippen molar-refractivity contribution in [1.82, 2.24) is 0 Å². The van der Waals surface area contributed by atoms with Gasteiger partial charge in [-0.3, -0.25) is 0 Å². The fourth-order valence-electron chi connectivity index (χ4n) is 2.46. The first kappa shape index (κ1) is 12.5. The SMILES string of the molecule is CCS(=O)(=O)C1(C#N)CC(CO)CC1C. The maximum Gasteiger partial charge on any atom is 0.169 e. The molecule has 0 saturated heterocycles. The third-order valence-corrected chi connectivity index (χ3v) is 5.99. The highest BCUT2D eigenvalue weighted by atomic mass is 32.2. The zero-order valence-electron chi connectivity index (χ0n) is 9.10. The minimum absolute atomic E-state index is 0.0109. The molecule has 0 amide bonds. The van der Waals surface area contributed by atoms with Crippen molar-refractivity contribution < 1.29 is 13.5 Å². The van der Waals surface area contributed by atoms with Crippen LogP contribution in [0.25, 0.3) is 0 Å². The summed E-state index contributed by atoms with van der Waals surface area (Å²) in [5.41, 5.74) is 0. The first-order valence-electron chi connectivity index (χ1n) is 5.18. The van der Waals surface area contributed by atoms with Crippen LogP contribution < -0.4 is 0 Å². The van der Waals surface area contributed by atoms with Gasteiger partial charge >= 0.3 is 0 Å². The number of hydrogen-bond acceptors (Lipinski definition) is 4. The summed E-state index contributed by atoms with van der Waals surface area (Å²) in [5, 5.41) is 18.2. The van der Waals surface area contributed by atoms with Gasteiger partial charge in [-0.15, -0.1) is 0 Å². The third kappa shape index (κ3) is 1.77. The highest BCUT2D eigenvalue weighted by Gasteiger charge is 2.53. The number of rotatable bonds is 3.